The number of nitrogens with one attached hydrogen (secondary N) is 2. The van der Waals surface area contributed by atoms with E-state index in [1.54, 1.807) is 6.92 Å². The molecule has 0 radical (unpaired) electrons. The standard InChI is InChI=1S/C11H18N2O3/c1-7(6-14)12-11(15)13-9(3)10-5-4-8(2)16-10/h4-5,7,9,14H,6H2,1-3H3,(H2,12,13,15). The molecule has 1 rings (SSSR count). The first kappa shape index (κ1) is 12.6. The molecular weight excluding hydrogens is 208 g/mol. The lowest BCUT2D eigenvalue weighted by atomic mass is 10.2. The largest absolute Gasteiger partial charge is 0.464 e. The fraction of sp³-hybridized carbons (Fsp3) is 0.545. The van der Waals surface area contributed by atoms with Crippen molar-refractivity contribution in [2.24, 2.45) is 0 Å². The number of carbonyl (C=O) groups is 1. The van der Waals surface area contributed by atoms with Gasteiger partial charge in [-0.25, -0.2) is 4.79 Å². The lowest BCUT2D eigenvalue weighted by molar-refractivity contribution is 0.217. The summed E-state index contributed by atoms with van der Waals surface area (Å²) in [5, 5.41) is 14.1. The van der Waals surface area contributed by atoms with Crippen LogP contribution in [0.3, 0.4) is 0 Å². The molecule has 0 bridgehead atoms. The summed E-state index contributed by atoms with van der Waals surface area (Å²) in [6.45, 7) is 5.33. The second kappa shape index (κ2) is 5.55. The summed E-state index contributed by atoms with van der Waals surface area (Å²) < 4.78 is 5.39. The molecule has 0 aliphatic rings. The Kier molecular flexibility index (Phi) is 4.37. The first-order valence-electron chi connectivity index (χ1n) is 5.27. The van der Waals surface area contributed by atoms with E-state index in [0.29, 0.717) is 5.76 Å². The molecule has 2 unspecified atom stereocenters. The van der Waals surface area contributed by atoms with Crippen molar-refractivity contribution >= 4 is 6.03 Å². The predicted octanol–water partition coefficient (Wildman–Crippen LogP) is 1.33. The summed E-state index contributed by atoms with van der Waals surface area (Å²) in [5.41, 5.74) is 0. The zero-order valence-corrected chi connectivity index (χ0v) is 9.78. The minimum Gasteiger partial charge on any atom is -0.464 e. The molecule has 2 amide bonds. The highest BCUT2D eigenvalue weighted by atomic mass is 16.3. The second-order valence-electron chi connectivity index (χ2n) is 3.87. The summed E-state index contributed by atoms with van der Waals surface area (Å²) in [6.07, 6.45) is 0. The highest BCUT2D eigenvalue weighted by molar-refractivity contribution is 5.74. The van der Waals surface area contributed by atoms with Crippen LogP contribution in [0.1, 0.15) is 31.4 Å². The molecule has 0 saturated heterocycles. The summed E-state index contributed by atoms with van der Waals surface area (Å²) in [5.74, 6) is 1.53. The molecule has 0 saturated carbocycles. The van der Waals surface area contributed by atoms with Gasteiger partial charge in [-0.05, 0) is 32.9 Å². The molecule has 3 N–H and O–H groups in total. The molecule has 0 fully saturated rings. The average molecular weight is 226 g/mol. The van der Waals surface area contributed by atoms with Gasteiger partial charge in [0, 0.05) is 0 Å². The van der Waals surface area contributed by atoms with Gasteiger partial charge in [0.25, 0.3) is 0 Å². The highest BCUT2D eigenvalue weighted by Crippen LogP contribution is 2.15. The molecule has 1 aromatic heterocycles. The smallest absolute Gasteiger partial charge is 0.315 e. The van der Waals surface area contributed by atoms with Crippen LogP contribution in [0.2, 0.25) is 0 Å². The van der Waals surface area contributed by atoms with E-state index >= 15 is 0 Å². The van der Waals surface area contributed by atoms with Gasteiger partial charge in [-0.15, -0.1) is 0 Å². The van der Waals surface area contributed by atoms with Crippen LogP contribution in [-0.2, 0) is 0 Å². The van der Waals surface area contributed by atoms with Crippen LogP contribution in [0.25, 0.3) is 0 Å². The van der Waals surface area contributed by atoms with Gasteiger partial charge in [0.05, 0.1) is 18.7 Å². The lowest BCUT2D eigenvalue weighted by Crippen LogP contribution is -2.43. The molecular formula is C11H18N2O3. The molecule has 5 heteroatoms. The van der Waals surface area contributed by atoms with Gasteiger partial charge in [-0.1, -0.05) is 0 Å². The molecule has 0 aliphatic heterocycles. The van der Waals surface area contributed by atoms with Crippen LogP contribution in [-0.4, -0.2) is 23.8 Å². The Morgan fingerprint density at radius 2 is 2.12 bits per heavy atom. The van der Waals surface area contributed by atoms with Crippen molar-refractivity contribution in [3.63, 3.8) is 0 Å². The monoisotopic (exact) mass is 226 g/mol. The van der Waals surface area contributed by atoms with Crippen molar-refractivity contribution in [2.45, 2.75) is 32.9 Å². The van der Waals surface area contributed by atoms with Crippen LogP contribution in [0.15, 0.2) is 16.5 Å². The minimum atomic E-state index is -0.317. The quantitative estimate of drug-likeness (QED) is 0.725. The van der Waals surface area contributed by atoms with Crippen LogP contribution in [0.4, 0.5) is 4.79 Å². The molecule has 90 valence electrons. The number of furan rings is 1. The maximum atomic E-state index is 11.4. The van der Waals surface area contributed by atoms with Crippen molar-refractivity contribution in [2.75, 3.05) is 6.61 Å². The van der Waals surface area contributed by atoms with E-state index in [9.17, 15) is 4.79 Å². The number of carbonyl (C=O) groups excluding carboxylic acids is 1. The van der Waals surface area contributed by atoms with Crippen molar-refractivity contribution < 1.29 is 14.3 Å². The fourth-order valence-electron chi connectivity index (χ4n) is 1.27. The molecule has 1 heterocycles. The topological polar surface area (TPSA) is 74.5 Å². The van der Waals surface area contributed by atoms with Crippen molar-refractivity contribution in [1.29, 1.82) is 0 Å². The number of aliphatic hydroxyl groups excluding tert-OH is 1. The molecule has 0 aliphatic carbocycles. The molecule has 16 heavy (non-hydrogen) atoms. The Balaban J connectivity index is 2.45. The van der Waals surface area contributed by atoms with E-state index in [2.05, 4.69) is 10.6 Å². The van der Waals surface area contributed by atoms with Crippen molar-refractivity contribution in [1.82, 2.24) is 10.6 Å². The summed E-state index contributed by atoms with van der Waals surface area (Å²) in [7, 11) is 0. The molecule has 1 aromatic rings. The minimum absolute atomic E-state index is 0.0817. The SMILES string of the molecule is Cc1ccc(C(C)NC(=O)NC(C)CO)o1. The van der Waals surface area contributed by atoms with Crippen molar-refractivity contribution in [3.05, 3.63) is 23.7 Å². The van der Waals surface area contributed by atoms with E-state index in [0.717, 1.165) is 5.76 Å². The van der Waals surface area contributed by atoms with Crippen LogP contribution >= 0.6 is 0 Å². The summed E-state index contributed by atoms with van der Waals surface area (Å²) >= 11 is 0. The number of aryl methyl sites for hydroxylation is 1. The van der Waals surface area contributed by atoms with Crippen LogP contribution in [0, 0.1) is 6.92 Å². The van der Waals surface area contributed by atoms with Crippen LogP contribution in [0.5, 0.6) is 0 Å². The number of urea groups is 1. The zero-order valence-electron chi connectivity index (χ0n) is 9.78. The first-order valence-corrected chi connectivity index (χ1v) is 5.27. The lowest BCUT2D eigenvalue weighted by Gasteiger charge is -2.15. The third kappa shape index (κ3) is 3.58. The average Bonchev–Trinajstić information content (AvgIpc) is 2.64. The predicted molar refractivity (Wildman–Crippen MR) is 60.1 cm³/mol. The van der Waals surface area contributed by atoms with Gasteiger partial charge >= 0.3 is 6.03 Å². The van der Waals surface area contributed by atoms with Gasteiger partial charge in [-0.2, -0.15) is 0 Å². The number of hydrogen-bond acceptors (Lipinski definition) is 3. The third-order valence-corrected chi connectivity index (χ3v) is 2.19. The molecule has 2 atom stereocenters. The summed E-state index contributed by atoms with van der Waals surface area (Å²) in [6, 6.07) is 2.91. The molecule has 0 spiro atoms. The summed E-state index contributed by atoms with van der Waals surface area (Å²) in [4.78, 5) is 11.4. The third-order valence-electron chi connectivity index (χ3n) is 2.19. The van der Waals surface area contributed by atoms with E-state index in [1.807, 2.05) is 26.0 Å². The second-order valence-corrected chi connectivity index (χ2v) is 3.87. The first-order chi connectivity index (χ1) is 7.52. The number of rotatable bonds is 4. The van der Waals surface area contributed by atoms with E-state index in [1.165, 1.54) is 0 Å². The van der Waals surface area contributed by atoms with E-state index in [4.69, 9.17) is 9.52 Å². The maximum absolute atomic E-state index is 11.4. The number of aliphatic hydroxyl groups is 1. The number of hydrogen-bond donors (Lipinski definition) is 3. The number of amides is 2. The van der Waals surface area contributed by atoms with E-state index in [-0.39, 0.29) is 24.7 Å². The molecule has 0 aromatic carbocycles. The van der Waals surface area contributed by atoms with Gasteiger partial charge < -0.3 is 20.2 Å². The Morgan fingerprint density at radius 3 is 2.62 bits per heavy atom. The van der Waals surface area contributed by atoms with Gasteiger partial charge in [0.15, 0.2) is 0 Å². The van der Waals surface area contributed by atoms with Gasteiger partial charge in [0.2, 0.25) is 0 Å². The van der Waals surface area contributed by atoms with Crippen molar-refractivity contribution in [3.8, 4) is 0 Å². The highest BCUT2D eigenvalue weighted by Gasteiger charge is 2.13. The Labute approximate surface area is 94.8 Å². The van der Waals surface area contributed by atoms with Gasteiger partial charge in [-0.3, -0.25) is 0 Å². The molecule has 5 nitrogen and oxygen atoms in total. The van der Waals surface area contributed by atoms with Crippen LogP contribution < -0.4 is 10.6 Å². The zero-order chi connectivity index (χ0) is 12.1. The fourth-order valence-corrected chi connectivity index (χ4v) is 1.27. The Bertz CT molecular complexity index is 349. The normalized spacial score (nSPS) is 14.2. The van der Waals surface area contributed by atoms with E-state index < -0.39 is 0 Å². The Morgan fingerprint density at radius 1 is 1.44 bits per heavy atom. The van der Waals surface area contributed by atoms with Gasteiger partial charge in [0.1, 0.15) is 11.5 Å². The maximum Gasteiger partial charge on any atom is 0.315 e. The Hall–Kier alpha value is -1.49.